The zero-order valence-electron chi connectivity index (χ0n) is 6.87. The summed E-state index contributed by atoms with van der Waals surface area (Å²) >= 11 is 0. The molecule has 0 amide bonds. The van der Waals surface area contributed by atoms with Gasteiger partial charge in [-0.2, -0.15) is 10.2 Å². The molecule has 66 valence electrons. The maximum Gasteiger partial charge on any atom is 0.123 e. The molecule has 0 fully saturated rings. The van der Waals surface area contributed by atoms with E-state index in [1.165, 1.54) is 12.1 Å². The van der Waals surface area contributed by atoms with Gasteiger partial charge in [0, 0.05) is 11.9 Å². The van der Waals surface area contributed by atoms with E-state index >= 15 is 0 Å². The average Bonchev–Trinajstić information content (AvgIpc) is 2.16. The first-order chi connectivity index (χ1) is 6.29. The van der Waals surface area contributed by atoms with Crippen molar-refractivity contribution in [2.75, 3.05) is 0 Å². The SMILES string of the molecule is NCc1cc2cc(F)ccc2nn1. The second-order valence-electron chi connectivity index (χ2n) is 2.74. The number of benzene rings is 1. The van der Waals surface area contributed by atoms with Crippen LogP contribution in [-0.2, 0) is 6.54 Å². The zero-order valence-corrected chi connectivity index (χ0v) is 6.87. The quantitative estimate of drug-likeness (QED) is 0.712. The fraction of sp³-hybridized carbons (Fsp3) is 0.111. The van der Waals surface area contributed by atoms with Crippen LogP contribution >= 0.6 is 0 Å². The largest absolute Gasteiger partial charge is 0.325 e. The van der Waals surface area contributed by atoms with Crippen molar-refractivity contribution in [3.63, 3.8) is 0 Å². The summed E-state index contributed by atoms with van der Waals surface area (Å²) in [5.41, 5.74) is 6.73. The van der Waals surface area contributed by atoms with Gasteiger partial charge in [0.25, 0.3) is 0 Å². The monoisotopic (exact) mass is 177 g/mol. The van der Waals surface area contributed by atoms with E-state index in [4.69, 9.17) is 5.73 Å². The lowest BCUT2D eigenvalue weighted by Gasteiger charge is -1.98. The molecule has 0 aliphatic carbocycles. The summed E-state index contributed by atoms with van der Waals surface area (Å²) in [6, 6.07) is 6.12. The van der Waals surface area contributed by atoms with Crippen molar-refractivity contribution in [2.45, 2.75) is 6.54 Å². The normalized spacial score (nSPS) is 10.6. The van der Waals surface area contributed by atoms with Crippen molar-refractivity contribution in [1.82, 2.24) is 10.2 Å². The molecule has 1 heterocycles. The Morgan fingerprint density at radius 3 is 2.85 bits per heavy atom. The van der Waals surface area contributed by atoms with Gasteiger partial charge in [0.2, 0.25) is 0 Å². The third-order valence-electron chi connectivity index (χ3n) is 1.81. The van der Waals surface area contributed by atoms with Gasteiger partial charge in [-0.15, -0.1) is 0 Å². The first kappa shape index (κ1) is 8.07. The predicted octanol–water partition coefficient (Wildman–Crippen LogP) is 1.23. The minimum Gasteiger partial charge on any atom is -0.325 e. The van der Waals surface area contributed by atoms with Crippen molar-refractivity contribution in [1.29, 1.82) is 0 Å². The molecule has 13 heavy (non-hydrogen) atoms. The number of fused-ring (bicyclic) bond motifs is 1. The lowest BCUT2D eigenvalue weighted by Crippen LogP contribution is -2.00. The highest BCUT2D eigenvalue weighted by atomic mass is 19.1. The van der Waals surface area contributed by atoms with Crippen LogP contribution in [0.5, 0.6) is 0 Å². The van der Waals surface area contributed by atoms with Crippen LogP contribution in [0.25, 0.3) is 10.9 Å². The summed E-state index contributed by atoms with van der Waals surface area (Å²) in [5.74, 6) is -0.275. The molecule has 0 aliphatic rings. The summed E-state index contributed by atoms with van der Waals surface area (Å²) in [5, 5.41) is 8.49. The lowest BCUT2D eigenvalue weighted by molar-refractivity contribution is 0.629. The van der Waals surface area contributed by atoms with E-state index in [-0.39, 0.29) is 5.82 Å². The van der Waals surface area contributed by atoms with Gasteiger partial charge in [0.15, 0.2) is 0 Å². The number of hydrogen-bond acceptors (Lipinski definition) is 3. The van der Waals surface area contributed by atoms with Crippen LogP contribution < -0.4 is 5.73 Å². The molecule has 0 unspecified atom stereocenters. The van der Waals surface area contributed by atoms with Crippen LogP contribution in [0.2, 0.25) is 0 Å². The summed E-state index contributed by atoms with van der Waals surface area (Å²) in [7, 11) is 0. The second-order valence-corrected chi connectivity index (χ2v) is 2.74. The molecule has 1 aromatic carbocycles. The number of nitrogens with zero attached hydrogens (tertiary/aromatic N) is 2. The summed E-state index contributed by atoms with van der Waals surface area (Å²) in [6.45, 7) is 0.319. The highest BCUT2D eigenvalue weighted by Gasteiger charge is 1.99. The van der Waals surface area contributed by atoms with E-state index in [0.29, 0.717) is 17.8 Å². The Labute approximate surface area is 74.4 Å². The van der Waals surface area contributed by atoms with Crippen molar-refractivity contribution >= 4 is 10.9 Å². The molecular weight excluding hydrogens is 169 g/mol. The fourth-order valence-corrected chi connectivity index (χ4v) is 1.16. The maximum atomic E-state index is 12.8. The maximum absolute atomic E-state index is 12.8. The van der Waals surface area contributed by atoms with Crippen LogP contribution in [0.4, 0.5) is 4.39 Å². The van der Waals surface area contributed by atoms with Gasteiger partial charge in [0.1, 0.15) is 5.82 Å². The molecule has 0 spiro atoms. The highest BCUT2D eigenvalue weighted by molar-refractivity contribution is 5.78. The Bertz CT molecular complexity index is 442. The van der Waals surface area contributed by atoms with Gasteiger partial charge >= 0.3 is 0 Å². The Morgan fingerprint density at radius 2 is 2.08 bits per heavy atom. The molecule has 0 bridgehead atoms. The number of nitrogens with two attached hydrogens (primary N) is 1. The van der Waals surface area contributed by atoms with Gasteiger partial charge in [-0.1, -0.05) is 0 Å². The van der Waals surface area contributed by atoms with Gasteiger partial charge in [0.05, 0.1) is 11.2 Å². The number of rotatable bonds is 1. The molecule has 3 nitrogen and oxygen atoms in total. The predicted molar refractivity (Wildman–Crippen MR) is 47.4 cm³/mol. The summed E-state index contributed by atoms with van der Waals surface area (Å²) in [6.07, 6.45) is 0. The van der Waals surface area contributed by atoms with E-state index in [9.17, 15) is 4.39 Å². The summed E-state index contributed by atoms with van der Waals surface area (Å²) < 4.78 is 12.8. The molecule has 0 atom stereocenters. The van der Waals surface area contributed by atoms with Crippen molar-refractivity contribution in [2.24, 2.45) is 5.73 Å². The first-order valence-corrected chi connectivity index (χ1v) is 3.91. The minimum atomic E-state index is -0.275. The van der Waals surface area contributed by atoms with E-state index < -0.39 is 0 Å². The third-order valence-corrected chi connectivity index (χ3v) is 1.81. The summed E-state index contributed by atoms with van der Waals surface area (Å²) in [4.78, 5) is 0. The van der Waals surface area contributed by atoms with Crippen LogP contribution in [0, 0.1) is 5.82 Å². The second kappa shape index (κ2) is 3.06. The van der Waals surface area contributed by atoms with Crippen LogP contribution in [0.3, 0.4) is 0 Å². The van der Waals surface area contributed by atoms with E-state index in [1.807, 2.05) is 0 Å². The molecule has 4 heteroatoms. The molecule has 2 N–H and O–H groups in total. The first-order valence-electron chi connectivity index (χ1n) is 3.91. The van der Waals surface area contributed by atoms with Crippen LogP contribution in [0.1, 0.15) is 5.69 Å². The Morgan fingerprint density at radius 1 is 1.23 bits per heavy atom. The van der Waals surface area contributed by atoms with E-state index in [0.717, 1.165) is 5.39 Å². The van der Waals surface area contributed by atoms with Crippen molar-refractivity contribution in [3.8, 4) is 0 Å². The molecule has 0 radical (unpaired) electrons. The average molecular weight is 177 g/mol. The van der Waals surface area contributed by atoms with Crippen molar-refractivity contribution in [3.05, 3.63) is 35.8 Å². The lowest BCUT2D eigenvalue weighted by atomic mass is 10.2. The number of aromatic nitrogens is 2. The fourth-order valence-electron chi connectivity index (χ4n) is 1.16. The van der Waals surface area contributed by atoms with Gasteiger partial charge in [-0.25, -0.2) is 4.39 Å². The van der Waals surface area contributed by atoms with Gasteiger partial charge in [-0.05, 0) is 24.3 Å². The van der Waals surface area contributed by atoms with Crippen molar-refractivity contribution < 1.29 is 4.39 Å². The molecule has 2 rings (SSSR count). The molecule has 2 aromatic rings. The molecule has 0 saturated heterocycles. The molecule has 0 saturated carbocycles. The molecular formula is C9H8FN3. The standard InChI is InChI=1S/C9H8FN3/c10-7-1-2-9-6(3-7)4-8(5-11)12-13-9/h1-4H,5,11H2. The minimum absolute atomic E-state index is 0.275. The van der Waals surface area contributed by atoms with Crippen LogP contribution in [0.15, 0.2) is 24.3 Å². The van der Waals surface area contributed by atoms with Crippen LogP contribution in [-0.4, -0.2) is 10.2 Å². The topological polar surface area (TPSA) is 51.8 Å². The highest BCUT2D eigenvalue weighted by Crippen LogP contribution is 2.12. The molecule has 0 aliphatic heterocycles. The number of hydrogen-bond donors (Lipinski definition) is 1. The van der Waals surface area contributed by atoms with Gasteiger partial charge < -0.3 is 5.73 Å². The Kier molecular flexibility index (Phi) is 1.90. The zero-order chi connectivity index (χ0) is 9.26. The van der Waals surface area contributed by atoms with E-state index in [1.54, 1.807) is 12.1 Å². The number of halogens is 1. The third kappa shape index (κ3) is 1.48. The Hall–Kier alpha value is -1.55. The van der Waals surface area contributed by atoms with E-state index in [2.05, 4.69) is 10.2 Å². The molecule has 1 aromatic heterocycles. The Balaban J connectivity index is 2.68. The van der Waals surface area contributed by atoms with Gasteiger partial charge in [-0.3, -0.25) is 0 Å². The smallest absolute Gasteiger partial charge is 0.123 e.